The van der Waals surface area contributed by atoms with Crippen LogP contribution in [0.5, 0.6) is 0 Å². The van der Waals surface area contributed by atoms with E-state index >= 15 is 0 Å². The lowest BCUT2D eigenvalue weighted by Crippen LogP contribution is -2.57. The Morgan fingerprint density at radius 3 is 2.70 bits per heavy atom. The summed E-state index contributed by atoms with van der Waals surface area (Å²) >= 11 is 0. The number of rotatable bonds is 2. The Balaban J connectivity index is 1.66. The molecule has 1 N–H and O–H groups in total. The Labute approximate surface area is 121 Å². The van der Waals surface area contributed by atoms with Crippen LogP contribution in [0.3, 0.4) is 0 Å². The van der Waals surface area contributed by atoms with Gasteiger partial charge in [-0.05, 0) is 39.9 Å². The predicted molar refractivity (Wildman–Crippen MR) is 76.6 cm³/mol. The van der Waals surface area contributed by atoms with Crippen molar-refractivity contribution >= 4 is 0 Å². The Morgan fingerprint density at radius 1 is 1.25 bits per heavy atom. The minimum atomic E-state index is -0.418. The van der Waals surface area contributed by atoms with Crippen molar-refractivity contribution in [3.05, 3.63) is 0 Å². The van der Waals surface area contributed by atoms with Crippen LogP contribution >= 0.6 is 0 Å². The van der Waals surface area contributed by atoms with E-state index in [1.165, 1.54) is 19.4 Å². The van der Waals surface area contributed by atoms with Crippen molar-refractivity contribution < 1.29 is 14.6 Å². The lowest BCUT2D eigenvalue weighted by atomic mass is 9.85. The molecular weight excluding hydrogens is 256 g/mol. The maximum atomic E-state index is 10.4. The smallest absolute Gasteiger partial charge is 0.170 e. The topological polar surface area (TPSA) is 45.2 Å². The molecule has 0 bridgehead atoms. The summed E-state index contributed by atoms with van der Waals surface area (Å²) in [6, 6.07) is 0.684. The molecule has 2 aliphatic heterocycles. The fraction of sp³-hybridized carbons (Fsp3) is 1.00. The number of aliphatic hydroxyl groups excluding tert-OH is 1. The van der Waals surface area contributed by atoms with E-state index in [2.05, 4.69) is 23.9 Å². The normalized spacial score (nSPS) is 38.7. The molecule has 3 fully saturated rings. The molecule has 20 heavy (non-hydrogen) atoms. The van der Waals surface area contributed by atoms with Crippen LogP contribution in [0.1, 0.15) is 32.1 Å². The Bertz CT molecular complexity index is 333. The highest BCUT2D eigenvalue weighted by molar-refractivity contribution is 4.95. The van der Waals surface area contributed by atoms with Gasteiger partial charge in [-0.2, -0.15) is 0 Å². The second-order valence-corrected chi connectivity index (χ2v) is 6.71. The van der Waals surface area contributed by atoms with Crippen LogP contribution in [0.15, 0.2) is 0 Å². The van der Waals surface area contributed by atoms with Crippen molar-refractivity contribution in [2.45, 2.75) is 56.1 Å². The average Bonchev–Trinajstić information content (AvgIpc) is 2.89. The Kier molecular flexibility index (Phi) is 4.34. The number of hydrogen-bond acceptors (Lipinski definition) is 5. The number of likely N-dealkylation sites (tertiary alicyclic amines) is 1. The maximum absolute atomic E-state index is 10.4. The van der Waals surface area contributed by atoms with Gasteiger partial charge < -0.3 is 19.5 Å². The van der Waals surface area contributed by atoms with E-state index in [0.717, 1.165) is 25.8 Å². The summed E-state index contributed by atoms with van der Waals surface area (Å²) in [5.41, 5.74) is 0. The largest absolute Gasteiger partial charge is 0.391 e. The van der Waals surface area contributed by atoms with Gasteiger partial charge in [-0.3, -0.25) is 4.90 Å². The molecule has 1 aliphatic carbocycles. The minimum absolute atomic E-state index is 0.151. The predicted octanol–water partition coefficient (Wildman–Crippen LogP) is 0.669. The molecule has 2 saturated heterocycles. The van der Waals surface area contributed by atoms with E-state index in [0.29, 0.717) is 19.3 Å². The van der Waals surface area contributed by atoms with E-state index in [9.17, 15) is 5.11 Å². The van der Waals surface area contributed by atoms with E-state index < -0.39 is 5.79 Å². The summed E-state index contributed by atoms with van der Waals surface area (Å²) in [7, 11) is 4.34. The molecule has 5 heteroatoms. The van der Waals surface area contributed by atoms with Crippen LogP contribution in [0.25, 0.3) is 0 Å². The van der Waals surface area contributed by atoms with E-state index in [1.807, 2.05) is 0 Å². The van der Waals surface area contributed by atoms with Gasteiger partial charge in [0.1, 0.15) is 0 Å². The highest BCUT2D eigenvalue weighted by atomic mass is 16.7. The number of aliphatic hydroxyl groups is 1. The van der Waals surface area contributed by atoms with Crippen LogP contribution in [-0.2, 0) is 9.47 Å². The van der Waals surface area contributed by atoms with Crippen LogP contribution in [-0.4, -0.2) is 79.3 Å². The number of hydrogen-bond donors (Lipinski definition) is 1. The molecule has 3 aliphatic rings. The van der Waals surface area contributed by atoms with Crippen molar-refractivity contribution in [2.75, 3.05) is 40.4 Å². The summed E-state index contributed by atoms with van der Waals surface area (Å²) < 4.78 is 11.7. The second-order valence-electron chi connectivity index (χ2n) is 6.71. The monoisotopic (exact) mass is 284 g/mol. The third kappa shape index (κ3) is 2.88. The summed E-state index contributed by atoms with van der Waals surface area (Å²) in [4.78, 5) is 4.77. The SMILES string of the molecule is CN1CCCC(N(C)C2CC3(CCC2O)OCCO3)C1. The van der Waals surface area contributed by atoms with Gasteiger partial charge in [0, 0.05) is 31.5 Å². The summed E-state index contributed by atoms with van der Waals surface area (Å²) in [6.07, 6.45) is 4.60. The van der Waals surface area contributed by atoms with Crippen molar-refractivity contribution in [3.63, 3.8) is 0 Å². The molecule has 2 heterocycles. The first-order valence-electron chi connectivity index (χ1n) is 7.96. The first kappa shape index (κ1) is 14.7. The molecule has 3 rings (SSSR count). The fourth-order valence-corrected chi connectivity index (χ4v) is 4.03. The fourth-order valence-electron chi connectivity index (χ4n) is 4.03. The second kappa shape index (κ2) is 5.89. The van der Waals surface area contributed by atoms with Crippen LogP contribution < -0.4 is 0 Å². The van der Waals surface area contributed by atoms with Crippen molar-refractivity contribution in [2.24, 2.45) is 0 Å². The molecular formula is C15H28N2O3. The molecule has 1 saturated carbocycles. The zero-order valence-electron chi connectivity index (χ0n) is 12.8. The molecule has 5 nitrogen and oxygen atoms in total. The van der Waals surface area contributed by atoms with Crippen molar-refractivity contribution in [1.29, 1.82) is 0 Å². The first-order chi connectivity index (χ1) is 9.60. The number of piperidine rings is 1. The lowest BCUT2D eigenvalue weighted by molar-refractivity contribution is -0.206. The molecule has 3 unspecified atom stereocenters. The van der Waals surface area contributed by atoms with Gasteiger partial charge in [0.15, 0.2) is 5.79 Å². The molecule has 1 spiro atoms. The minimum Gasteiger partial charge on any atom is -0.391 e. The first-order valence-corrected chi connectivity index (χ1v) is 7.96. The van der Waals surface area contributed by atoms with Crippen molar-refractivity contribution in [1.82, 2.24) is 9.80 Å². The van der Waals surface area contributed by atoms with Gasteiger partial charge in [0.25, 0.3) is 0 Å². The Morgan fingerprint density at radius 2 is 2.00 bits per heavy atom. The van der Waals surface area contributed by atoms with Crippen molar-refractivity contribution in [3.8, 4) is 0 Å². The zero-order valence-corrected chi connectivity index (χ0v) is 12.8. The average molecular weight is 284 g/mol. The van der Waals surface area contributed by atoms with Gasteiger partial charge in [-0.15, -0.1) is 0 Å². The van der Waals surface area contributed by atoms with E-state index in [-0.39, 0.29) is 12.1 Å². The van der Waals surface area contributed by atoms with E-state index in [4.69, 9.17) is 9.47 Å². The molecule has 116 valence electrons. The lowest BCUT2D eigenvalue weighted by Gasteiger charge is -2.47. The number of nitrogens with zero attached hydrogens (tertiary/aromatic N) is 2. The summed E-state index contributed by atoms with van der Waals surface area (Å²) in [6.45, 7) is 3.67. The highest BCUT2D eigenvalue weighted by Gasteiger charge is 2.46. The van der Waals surface area contributed by atoms with Crippen LogP contribution in [0.2, 0.25) is 0 Å². The zero-order chi connectivity index (χ0) is 14.2. The van der Waals surface area contributed by atoms with Gasteiger partial charge in [-0.25, -0.2) is 0 Å². The van der Waals surface area contributed by atoms with Gasteiger partial charge in [-0.1, -0.05) is 0 Å². The maximum Gasteiger partial charge on any atom is 0.170 e. The molecule has 3 atom stereocenters. The van der Waals surface area contributed by atoms with E-state index in [1.54, 1.807) is 0 Å². The van der Waals surface area contributed by atoms with Crippen LogP contribution in [0.4, 0.5) is 0 Å². The number of ether oxygens (including phenoxy) is 2. The van der Waals surface area contributed by atoms with Gasteiger partial charge >= 0.3 is 0 Å². The molecule has 0 aromatic rings. The molecule has 0 radical (unpaired) electrons. The molecule has 0 amide bonds. The third-order valence-corrected chi connectivity index (χ3v) is 5.30. The summed E-state index contributed by atoms with van der Waals surface area (Å²) in [5.74, 6) is -0.418. The number of likely N-dealkylation sites (N-methyl/N-ethyl adjacent to an activating group) is 2. The quantitative estimate of drug-likeness (QED) is 0.807. The molecule has 0 aromatic carbocycles. The van der Waals surface area contributed by atoms with Gasteiger partial charge in [0.05, 0.1) is 19.3 Å². The standard InChI is InChI=1S/C15H28N2O3/c1-16-7-3-4-12(11-16)17(2)13-10-15(6-5-14(13)18)19-8-9-20-15/h12-14,18H,3-11H2,1-2H3. The van der Waals surface area contributed by atoms with Crippen LogP contribution in [0, 0.1) is 0 Å². The highest BCUT2D eigenvalue weighted by Crippen LogP contribution is 2.38. The third-order valence-electron chi connectivity index (χ3n) is 5.30. The Hall–Kier alpha value is -0.200. The van der Waals surface area contributed by atoms with Gasteiger partial charge in [0.2, 0.25) is 0 Å². The molecule has 0 aromatic heterocycles. The summed E-state index contributed by atoms with van der Waals surface area (Å²) in [5, 5.41) is 10.4.